The molecule has 0 aromatic rings. The number of piperidine rings is 8. The van der Waals surface area contributed by atoms with Crippen LogP contribution in [0.5, 0.6) is 0 Å². The van der Waals surface area contributed by atoms with Crippen LogP contribution in [-0.4, -0.2) is 98.3 Å². The molecule has 5 saturated carbocycles. The maximum atomic E-state index is 3.46. The average molecular weight is 582 g/mol. The van der Waals surface area contributed by atoms with Gasteiger partial charge in [0.15, 0.2) is 0 Å². The van der Waals surface area contributed by atoms with Gasteiger partial charge in [0.05, 0.1) is 0 Å². The van der Waals surface area contributed by atoms with Gasteiger partial charge in [-0.3, -0.25) is 0 Å². The zero-order chi connectivity index (χ0) is 28.1. The van der Waals surface area contributed by atoms with E-state index in [9.17, 15) is 0 Å². The summed E-state index contributed by atoms with van der Waals surface area (Å²) in [6.45, 7) is 13.9. The first-order chi connectivity index (χ1) is 20.7. The Kier molecular flexibility index (Phi) is 10.8. The predicted molar refractivity (Wildman–Crippen MR) is 176 cm³/mol. The molecule has 5 nitrogen and oxygen atoms in total. The predicted octanol–water partition coefficient (Wildman–Crippen LogP) is 5.99. The normalized spacial score (nSPS) is 48.0. The first kappa shape index (κ1) is 30.5. The highest BCUT2D eigenvalue weighted by Crippen LogP contribution is 2.48. The Morgan fingerprint density at radius 1 is 0.333 bits per heavy atom. The van der Waals surface area contributed by atoms with E-state index in [1.807, 2.05) is 0 Å². The summed E-state index contributed by atoms with van der Waals surface area (Å²) >= 11 is 0. The molecular weight excluding hydrogens is 514 g/mol. The summed E-state index contributed by atoms with van der Waals surface area (Å²) in [4.78, 5) is 7.73. The molecular formula is C37H67N5. The van der Waals surface area contributed by atoms with Gasteiger partial charge in [-0.15, -0.1) is 0 Å². The Hall–Kier alpha value is -0.200. The van der Waals surface area contributed by atoms with Crippen LogP contribution >= 0.6 is 0 Å². The smallest absolute Gasteiger partial charge is 0.00850 e. The van der Waals surface area contributed by atoms with E-state index >= 15 is 0 Å². The maximum Gasteiger partial charge on any atom is 0.00850 e. The molecule has 4 atom stereocenters. The Bertz CT molecular complexity index is 617. The van der Waals surface area contributed by atoms with Crippen LogP contribution in [-0.2, 0) is 0 Å². The highest BCUT2D eigenvalue weighted by Gasteiger charge is 2.36. The molecule has 16 aliphatic rings. The number of fused-ring (bicyclic) bond motifs is 12. The largest absolute Gasteiger partial charge is 0.314 e. The summed E-state index contributed by atoms with van der Waals surface area (Å²) < 4.78 is 0. The van der Waals surface area contributed by atoms with Crippen molar-refractivity contribution < 1.29 is 0 Å². The fourth-order valence-corrected chi connectivity index (χ4v) is 10.5. The molecule has 4 unspecified atom stereocenters. The van der Waals surface area contributed by atoms with Gasteiger partial charge < -0.3 is 25.3 Å². The molecule has 16 rings (SSSR count). The highest BCUT2D eigenvalue weighted by atomic mass is 15.2. The van der Waals surface area contributed by atoms with E-state index < -0.39 is 0 Å². The molecule has 0 aromatic carbocycles. The molecule has 0 radical (unpaired) electrons. The van der Waals surface area contributed by atoms with Crippen molar-refractivity contribution >= 4 is 0 Å². The third-order valence-corrected chi connectivity index (χ3v) is 13.8. The minimum Gasteiger partial charge on any atom is -0.314 e. The van der Waals surface area contributed by atoms with Crippen LogP contribution in [0.1, 0.15) is 116 Å². The van der Waals surface area contributed by atoms with E-state index in [0.29, 0.717) is 0 Å². The fourth-order valence-electron chi connectivity index (χ4n) is 10.5. The van der Waals surface area contributed by atoms with E-state index in [2.05, 4.69) is 25.3 Å². The fraction of sp³-hybridized carbons (Fsp3) is 1.00. The van der Waals surface area contributed by atoms with Crippen LogP contribution in [0.15, 0.2) is 0 Å². The summed E-state index contributed by atoms with van der Waals surface area (Å²) in [6.07, 6.45) is 27.0. The van der Waals surface area contributed by atoms with E-state index in [1.54, 1.807) is 25.7 Å². The van der Waals surface area contributed by atoms with E-state index in [1.165, 1.54) is 167 Å². The topological polar surface area (TPSA) is 33.8 Å². The number of hydrogen-bond acceptors (Lipinski definition) is 5. The first-order valence-corrected chi connectivity index (χ1v) is 19.4. The summed E-state index contributed by atoms with van der Waals surface area (Å²) in [6, 6.07) is 2.80. The van der Waals surface area contributed by atoms with Gasteiger partial charge in [-0.2, -0.15) is 0 Å². The summed E-state index contributed by atoms with van der Waals surface area (Å²) in [5.74, 6) is 6.76. The Morgan fingerprint density at radius 3 is 0.881 bits per heavy atom. The van der Waals surface area contributed by atoms with Crippen molar-refractivity contribution in [3.8, 4) is 0 Å². The molecule has 0 amide bonds. The second-order valence-corrected chi connectivity index (χ2v) is 16.8. The Morgan fingerprint density at radius 2 is 0.762 bits per heavy atom. The van der Waals surface area contributed by atoms with Crippen molar-refractivity contribution in [2.24, 2.45) is 35.5 Å². The van der Waals surface area contributed by atoms with Gasteiger partial charge >= 0.3 is 0 Å². The Balaban J connectivity index is 0.0000000825. The van der Waals surface area contributed by atoms with Crippen molar-refractivity contribution in [3.63, 3.8) is 0 Å². The standard InChI is InChI=1S/2C7H13N.2C6H11N.C6H10.C5H9N/c2*1-4-8-5-2-7(1)3-6-8;1-3-7-4-2-6(1)5-7;1-2-6-3-5(1)4-7-6;1-2-6-3-5(1)4-6;1-2-5-3-4(1)6-5/h2*7H,1-6H2;6H,1-5H2;5-7H,1-4H2;5-6H,1-4H2;4-6H,1-3H2. The minimum atomic E-state index is 0.921. The third kappa shape index (κ3) is 8.53. The maximum absolute atomic E-state index is 3.46. The van der Waals surface area contributed by atoms with Gasteiger partial charge in [-0.25, -0.2) is 0 Å². The molecule has 11 heterocycles. The SMILES string of the molecule is C1CC2CC1C2.C1CC2CC1CN2.C1CC2CC1N2.C1CN2CCC1C2.C1CN2CCC1CC2.C1CN2CCC1CC2. The summed E-state index contributed by atoms with van der Waals surface area (Å²) in [5, 5.41) is 6.87. The zero-order valence-corrected chi connectivity index (χ0v) is 27.3. The van der Waals surface area contributed by atoms with Crippen molar-refractivity contribution in [2.75, 3.05) is 65.4 Å². The lowest BCUT2D eigenvalue weighted by molar-refractivity contribution is 0.111. The molecule has 42 heavy (non-hydrogen) atoms. The van der Waals surface area contributed by atoms with Crippen molar-refractivity contribution in [1.82, 2.24) is 25.3 Å². The van der Waals surface area contributed by atoms with Gasteiger partial charge in [-0.05, 0) is 197 Å². The molecule has 11 aliphatic heterocycles. The van der Waals surface area contributed by atoms with Crippen molar-refractivity contribution in [3.05, 3.63) is 0 Å². The second-order valence-electron chi connectivity index (χ2n) is 16.8. The van der Waals surface area contributed by atoms with Crippen LogP contribution in [0.4, 0.5) is 0 Å². The minimum absolute atomic E-state index is 0.921. The quantitative estimate of drug-likeness (QED) is 0.367. The molecule has 240 valence electrons. The number of nitrogens with one attached hydrogen (secondary N) is 2. The summed E-state index contributed by atoms with van der Waals surface area (Å²) in [5.41, 5.74) is 0. The highest BCUT2D eigenvalue weighted by molar-refractivity contribution is 4.96. The molecule has 5 heteroatoms. The lowest BCUT2D eigenvalue weighted by Crippen LogP contribution is -2.43. The van der Waals surface area contributed by atoms with Crippen LogP contribution < -0.4 is 10.6 Å². The van der Waals surface area contributed by atoms with Crippen LogP contribution in [0.3, 0.4) is 0 Å². The lowest BCUT2D eigenvalue weighted by atomic mass is 9.85. The van der Waals surface area contributed by atoms with Gasteiger partial charge in [0.1, 0.15) is 0 Å². The number of hydrogen-bond donors (Lipinski definition) is 2. The molecule has 11 saturated heterocycles. The van der Waals surface area contributed by atoms with Crippen LogP contribution in [0.25, 0.3) is 0 Å². The zero-order valence-electron chi connectivity index (χ0n) is 27.3. The monoisotopic (exact) mass is 582 g/mol. The Labute approximate surface area is 259 Å². The molecule has 16 fully saturated rings. The lowest BCUT2D eigenvalue weighted by Gasteiger charge is -2.38. The van der Waals surface area contributed by atoms with Crippen LogP contribution in [0, 0.1) is 35.5 Å². The van der Waals surface area contributed by atoms with E-state index in [-0.39, 0.29) is 0 Å². The van der Waals surface area contributed by atoms with Gasteiger partial charge in [0.25, 0.3) is 0 Å². The molecule has 0 spiro atoms. The van der Waals surface area contributed by atoms with E-state index in [0.717, 1.165) is 41.8 Å². The molecule has 0 aromatic heterocycles. The van der Waals surface area contributed by atoms with Crippen LogP contribution in [0.2, 0.25) is 0 Å². The molecule has 12 bridgehead atoms. The second kappa shape index (κ2) is 14.9. The third-order valence-electron chi connectivity index (χ3n) is 13.8. The van der Waals surface area contributed by atoms with Gasteiger partial charge in [-0.1, -0.05) is 12.8 Å². The average Bonchev–Trinajstić information content (AvgIpc) is 3.89. The van der Waals surface area contributed by atoms with Crippen molar-refractivity contribution in [2.45, 2.75) is 134 Å². The number of rotatable bonds is 0. The van der Waals surface area contributed by atoms with E-state index in [4.69, 9.17) is 0 Å². The molecule has 2 N–H and O–H groups in total. The van der Waals surface area contributed by atoms with Crippen molar-refractivity contribution in [1.29, 1.82) is 0 Å². The first-order valence-electron chi connectivity index (χ1n) is 19.4. The molecule has 5 aliphatic carbocycles. The number of nitrogens with zero attached hydrogens (tertiary/aromatic N) is 3. The van der Waals surface area contributed by atoms with Gasteiger partial charge in [0, 0.05) is 24.7 Å². The summed E-state index contributed by atoms with van der Waals surface area (Å²) in [7, 11) is 0. The van der Waals surface area contributed by atoms with Gasteiger partial charge in [0.2, 0.25) is 0 Å².